The lowest BCUT2D eigenvalue weighted by molar-refractivity contribution is -0.144. The van der Waals surface area contributed by atoms with Crippen molar-refractivity contribution in [3.05, 3.63) is 0 Å². The van der Waals surface area contributed by atoms with Gasteiger partial charge in [0, 0.05) is 19.0 Å². The van der Waals surface area contributed by atoms with Gasteiger partial charge in [0.25, 0.3) is 0 Å². The van der Waals surface area contributed by atoms with Gasteiger partial charge in [-0.25, -0.2) is 0 Å². The van der Waals surface area contributed by atoms with E-state index in [0.717, 1.165) is 5.33 Å². The lowest BCUT2D eigenvalue weighted by Crippen LogP contribution is -2.50. The highest BCUT2D eigenvalue weighted by molar-refractivity contribution is 9.09. The predicted molar refractivity (Wildman–Crippen MR) is 62.8 cm³/mol. The maximum atomic E-state index is 11.8. The molecule has 5 nitrogen and oxygen atoms in total. The molecule has 1 amide bonds. The summed E-state index contributed by atoms with van der Waals surface area (Å²) in [6.07, 6.45) is 0. The van der Waals surface area contributed by atoms with E-state index in [1.165, 1.54) is 0 Å². The average molecular weight is 296 g/mol. The first-order valence-corrected chi connectivity index (χ1v) is 6.41. The van der Waals surface area contributed by atoms with Crippen LogP contribution in [0.2, 0.25) is 0 Å². The summed E-state index contributed by atoms with van der Waals surface area (Å²) in [5.41, 5.74) is 0. The monoisotopic (exact) mass is 295 g/mol. The molecule has 1 aliphatic heterocycles. The Balaban J connectivity index is 2.27. The first kappa shape index (κ1) is 13.9. The fourth-order valence-corrected chi connectivity index (χ4v) is 2.03. The summed E-state index contributed by atoms with van der Waals surface area (Å²) in [7, 11) is 1.61. The fourth-order valence-electron chi connectivity index (χ4n) is 1.50. The molecule has 1 rings (SSSR count). The molecule has 1 aliphatic rings. The van der Waals surface area contributed by atoms with Gasteiger partial charge in [-0.2, -0.15) is 0 Å². The van der Waals surface area contributed by atoms with Crippen LogP contribution in [0, 0.1) is 0 Å². The van der Waals surface area contributed by atoms with Crippen molar-refractivity contribution in [3.63, 3.8) is 0 Å². The zero-order valence-electron chi connectivity index (χ0n) is 9.49. The molecule has 1 saturated heterocycles. The van der Waals surface area contributed by atoms with Crippen LogP contribution in [0.15, 0.2) is 0 Å². The third-order valence-electron chi connectivity index (χ3n) is 2.38. The zero-order valence-corrected chi connectivity index (χ0v) is 11.1. The van der Waals surface area contributed by atoms with Gasteiger partial charge in [0.2, 0.25) is 5.91 Å². The minimum Gasteiger partial charge on any atom is -0.382 e. The van der Waals surface area contributed by atoms with Crippen molar-refractivity contribution in [3.8, 4) is 0 Å². The van der Waals surface area contributed by atoms with Crippen molar-refractivity contribution in [2.45, 2.75) is 6.04 Å². The number of halogens is 1. The number of hydrogen-bond donors (Lipinski definition) is 0. The number of carbonyl (C=O) groups excluding carboxylic acids is 1. The minimum absolute atomic E-state index is 0.0175. The van der Waals surface area contributed by atoms with Crippen LogP contribution in [0.4, 0.5) is 0 Å². The summed E-state index contributed by atoms with van der Waals surface area (Å²) in [5, 5.41) is 0.733. The Morgan fingerprint density at radius 3 is 3.06 bits per heavy atom. The van der Waals surface area contributed by atoms with Gasteiger partial charge in [0.15, 0.2) is 0 Å². The van der Waals surface area contributed by atoms with Crippen LogP contribution in [0.25, 0.3) is 0 Å². The lowest BCUT2D eigenvalue weighted by Gasteiger charge is -2.34. The van der Waals surface area contributed by atoms with Crippen molar-refractivity contribution < 1.29 is 19.0 Å². The number of nitrogens with zero attached hydrogens (tertiary/aromatic N) is 1. The molecular formula is C10H18BrNO4. The van der Waals surface area contributed by atoms with Gasteiger partial charge in [-0.1, -0.05) is 15.9 Å². The van der Waals surface area contributed by atoms with E-state index in [1.807, 2.05) is 4.90 Å². The van der Waals surface area contributed by atoms with E-state index in [4.69, 9.17) is 14.2 Å². The van der Waals surface area contributed by atoms with Crippen molar-refractivity contribution in [1.82, 2.24) is 4.90 Å². The minimum atomic E-state index is 0.0175. The van der Waals surface area contributed by atoms with Gasteiger partial charge in [-0.15, -0.1) is 0 Å². The molecule has 1 unspecified atom stereocenters. The Hall–Kier alpha value is -0.170. The van der Waals surface area contributed by atoms with Crippen LogP contribution >= 0.6 is 15.9 Å². The topological polar surface area (TPSA) is 48.0 Å². The smallest absolute Gasteiger partial charge is 0.249 e. The highest BCUT2D eigenvalue weighted by atomic mass is 79.9. The third-order valence-corrected chi connectivity index (χ3v) is 3.13. The standard InChI is InChI=1S/C10H18BrNO4/c1-14-4-5-16-8-10(13)12-2-3-15-7-9(12)6-11/h9H,2-8H2,1H3. The van der Waals surface area contributed by atoms with Crippen LogP contribution in [0.1, 0.15) is 0 Å². The number of hydrogen-bond acceptors (Lipinski definition) is 4. The summed E-state index contributed by atoms with van der Waals surface area (Å²) >= 11 is 3.38. The Morgan fingerprint density at radius 1 is 1.56 bits per heavy atom. The van der Waals surface area contributed by atoms with Gasteiger partial charge >= 0.3 is 0 Å². The first-order valence-electron chi connectivity index (χ1n) is 5.29. The van der Waals surface area contributed by atoms with E-state index in [9.17, 15) is 4.79 Å². The van der Waals surface area contributed by atoms with E-state index in [0.29, 0.717) is 33.0 Å². The maximum absolute atomic E-state index is 11.8. The Kier molecular flexibility index (Phi) is 6.95. The van der Waals surface area contributed by atoms with E-state index in [-0.39, 0.29) is 18.6 Å². The summed E-state index contributed by atoms with van der Waals surface area (Å²) < 4.78 is 15.4. The van der Waals surface area contributed by atoms with Crippen molar-refractivity contribution in [2.24, 2.45) is 0 Å². The average Bonchev–Trinajstić information content (AvgIpc) is 2.34. The Morgan fingerprint density at radius 2 is 2.38 bits per heavy atom. The summed E-state index contributed by atoms with van der Waals surface area (Å²) in [6, 6.07) is 0.118. The Bertz CT molecular complexity index is 215. The molecule has 0 saturated carbocycles. The van der Waals surface area contributed by atoms with Crippen LogP contribution in [-0.2, 0) is 19.0 Å². The highest BCUT2D eigenvalue weighted by Crippen LogP contribution is 2.09. The molecule has 1 heterocycles. The largest absolute Gasteiger partial charge is 0.382 e. The van der Waals surface area contributed by atoms with Gasteiger partial charge in [-0.05, 0) is 0 Å². The van der Waals surface area contributed by atoms with Gasteiger partial charge in [-0.3, -0.25) is 4.79 Å². The van der Waals surface area contributed by atoms with Crippen LogP contribution in [0.3, 0.4) is 0 Å². The van der Waals surface area contributed by atoms with E-state index in [1.54, 1.807) is 7.11 Å². The highest BCUT2D eigenvalue weighted by Gasteiger charge is 2.26. The number of morpholine rings is 1. The van der Waals surface area contributed by atoms with E-state index >= 15 is 0 Å². The predicted octanol–water partition coefficient (Wildman–Crippen LogP) is 0.272. The molecule has 94 valence electrons. The molecule has 6 heteroatoms. The molecule has 1 fully saturated rings. The SMILES string of the molecule is COCCOCC(=O)N1CCOCC1CBr. The van der Waals surface area contributed by atoms with E-state index < -0.39 is 0 Å². The molecule has 0 N–H and O–H groups in total. The number of alkyl halides is 1. The van der Waals surface area contributed by atoms with Crippen molar-refractivity contribution in [1.29, 1.82) is 0 Å². The molecule has 0 spiro atoms. The molecule has 1 atom stereocenters. The molecule has 16 heavy (non-hydrogen) atoms. The lowest BCUT2D eigenvalue weighted by atomic mass is 10.2. The number of methoxy groups -OCH3 is 1. The number of amides is 1. The maximum Gasteiger partial charge on any atom is 0.249 e. The molecule has 0 aromatic heterocycles. The summed E-state index contributed by atoms with van der Waals surface area (Å²) in [5.74, 6) is 0.0175. The van der Waals surface area contributed by atoms with Crippen LogP contribution in [-0.4, -0.2) is 68.9 Å². The quantitative estimate of drug-likeness (QED) is 0.521. The second-order valence-electron chi connectivity index (χ2n) is 3.52. The summed E-state index contributed by atoms with van der Waals surface area (Å²) in [4.78, 5) is 13.6. The molecule has 0 aromatic carbocycles. The second kappa shape index (κ2) is 8.00. The first-order chi connectivity index (χ1) is 7.79. The molecule has 0 radical (unpaired) electrons. The van der Waals surface area contributed by atoms with Crippen LogP contribution in [0.5, 0.6) is 0 Å². The van der Waals surface area contributed by atoms with Crippen molar-refractivity contribution in [2.75, 3.05) is 52.0 Å². The van der Waals surface area contributed by atoms with Gasteiger partial charge in [0.05, 0.1) is 32.5 Å². The molecule has 0 aromatic rings. The molecule has 0 bridgehead atoms. The number of ether oxygens (including phenoxy) is 3. The van der Waals surface area contributed by atoms with Gasteiger partial charge < -0.3 is 19.1 Å². The number of rotatable bonds is 6. The summed E-state index contributed by atoms with van der Waals surface area (Å²) in [6.45, 7) is 2.92. The number of carbonyl (C=O) groups is 1. The normalized spacial score (nSPS) is 21.1. The second-order valence-corrected chi connectivity index (χ2v) is 4.16. The fraction of sp³-hybridized carbons (Fsp3) is 0.900. The van der Waals surface area contributed by atoms with Gasteiger partial charge in [0.1, 0.15) is 6.61 Å². The van der Waals surface area contributed by atoms with E-state index in [2.05, 4.69) is 15.9 Å². The third kappa shape index (κ3) is 4.37. The Labute approximate surface area is 104 Å². The van der Waals surface area contributed by atoms with Crippen molar-refractivity contribution >= 4 is 21.8 Å². The molecular weight excluding hydrogens is 278 g/mol. The zero-order chi connectivity index (χ0) is 11.8. The molecule has 0 aliphatic carbocycles. The van der Waals surface area contributed by atoms with Crippen LogP contribution < -0.4 is 0 Å².